The van der Waals surface area contributed by atoms with Gasteiger partial charge in [-0.1, -0.05) is 42.0 Å². The van der Waals surface area contributed by atoms with Crippen LogP contribution in [-0.4, -0.2) is 18.7 Å². The van der Waals surface area contributed by atoms with Gasteiger partial charge in [0.05, 0.1) is 0 Å². The maximum Gasteiger partial charge on any atom is 0.284 e. The first-order valence-electron chi connectivity index (χ1n) is 5.91. The third-order valence-electron chi connectivity index (χ3n) is 2.88. The van der Waals surface area contributed by atoms with E-state index < -0.39 is 5.91 Å². The van der Waals surface area contributed by atoms with E-state index >= 15 is 0 Å². The summed E-state index contributed by atoms with van der Waals surface area (Å²) >= 11 is 0. The predicted molar refractivity (Wildman–Crippen MR) is 71.5 cm³/mol. The monoisotopic (exact) mass is 241 g/mol. The normalized spacial score (nSPS) is 10.3. The van der Waals surface area contributed by atoms with E-state index in [1.165, 1.54) is 16.3 Å². The van der Waals surface area contributed by atoms with Crippen molar-refractivity contribution in [2.45, 2.75) is 13.3 Å². The summed E-state index contributed by atoms with van der Waals surface area (Å²) in [6, 6.07) is 12.6. The van der Waals surface area contributed by atoms with E-state index in [4.69, 9.17) is 0 Å². The maximum absolute atomic E-state index is 10.8. The molecule has 0 aliphatic rings. The third kappa shape index (κ3) is 2.94. The molecule has 0 bridgehead atoms. The van der Waals surface area contributed by atoms with Gasteiger partial charge < -0.3 is 5.32 Å². The molecule has 0 saturated heterocycles. The Balaban J connectivity index is 2.08. The van der Waals surface area contributed by atoms with Gasteiger partial charge in [0, 0.05) is 6.54 Å². The van der Waals surface area contributed by atoms with E-state index in [9.17, 15) is 9.59 Å². The van der Waals surface area contributed by atoms with Crippen LogP contribution in [0.3, 0.4) is 0 Å². The zero-order valence-corrected chi connectivity index (χ0v) is 10.3. The lowest BCUT2D eigenvalue weighted by molar-refractivity contribution is -0.131. The molecule has 2 rings (SSSR count). The fraction of sp³-hybridized carbons (Fsp3) is 0.200. The van der Waals surface area contributed by atoms with Crippen LogP contribution < -0.4 is 5.32 Å². The van der Waals surface area contributed by atoms with Gasteiger partial charge in [-0.25, -0.2) is 0 Å². The van der Waals surface area contributed by atoms with Gasteiger partial charge in [0.2, 0.25) is 6.29 Å². The van der Waals surface area contributed by atoms with E-state index in [0.29, 0.717) is 12.8 Å². The summed E-state index contributed by atoms with van der Waals surface area (Å²) in [5.41, 5.74) is 2.39. The lowest BCUT2D eigenvalue weighted by atomic mass is 10.0. The number of aldehydes is 1. The minimum Gasteiger partial charge on any atom is -0.349 e. The van der Waals surface area contributed by atoms with E-state index in [1.54, 1.807) is 0 Å². The molecule has 3 heteroatoms. The molecule has 18 heavy (non-hydrogen) atoms. The predicted octanol–water partition coefficient (Wildman–Crippen LogP) is 2.01. The molecule has 0 fully saturated rings. The zero-order chi connectivity index (χ0) is 13.0. The quantitative estimate of drug-likeness (QED) is 0.657. The van der Waals surface area contributed by atoms with Crippen LogP contribution in [0.15, 0.2) is 36.4 Å². The molecular weight excluding hydrogens is 226 g/mol. The molecule has 0 aliphatic carbocycles. The molecule has 0 saturated carbocycles. The molecule has 92 valence electrons. The van der Waals surface area contributed by atoms with Gasteiger partial charge in [-0.3, -0.25) is 9.59 Å². The van der Waals surface area contributed by atoms with Crippen LogP contribution in [0.25, 0.3) is 10.8 Å². The second-order valence-corrected chi connectivity index (χ2v) is 4.34. The van der Waals surface area contributed by atoms with Gasteiger partial charge in [-0.2, -0.15) is 0 Å². The molecule has 0 unspecified atom stereocenters. The van der Waals surface area contributed by atoms with Crippen molar-refractivity contribution in [2.75, 3.05) is 6.54 Å². The molecule has 0 atom stereocenters. The Morgan fingerprint density at radius 2 is 1.89 bits per heavy atom. The van der Waals surface area contributed by atoms with Gasteiger partial charge >= 0.3 is 0 Å². The highest BCUT2D eigenvalue weighted by molar-refractivity contribution is 6.23. The maximum atomic E-state index is 10.8. The highest BCUT2D eigenvalue weighted by atomic mass is 16.2. The topological polar surface area (TPSA) is 46.2 Å². The number of nitrogens with one attached hydrogen (secondary N) is 1. The van der Waals surface area contributed by atoms with Crippen LogP contribution in [0.4, 0.5) is 0 Å². The van der Waals surface area contributed by atoms with E-state index in [1.807, 2.05) is 0 Å². The van der Waals surface area contributed by atoms with Crippen molar-refractivity contribution in [3.05, 3.63) is 47.5 Å². The van der Waals surface area contributed by atoms with Crippen molar-refractivity contribution in [1.82, 2.24) is 5.32 Å². The number of rotatable bonds is 4. The Morgan fingerprint density at radius 3 is 2.67 bits per heavy atom. The smallest absolute Gasteiger partial charge is 0.284 e. The van der Waals surface area contributed by atoms with Crippen molar-refractivity contribution >= 4 is 23.0 Å². The van der Waals surface area contributed by atoms with Gasteiger partial charge in [0.15, 0.2) is 0 Å². The molecule has 0 radical (unpaired) electrons. The average Bonchev–Trinajstić information content (AvgIpc) is 2.38. The number of hydrogen-bond donors (Lipinski definition) is 1. The molecule has 2 aromatic rings. The van der Waals surface area contributed by atoms with Crippen LogP contribution in [0.2, 0.25) is 0 Å². The first kappa shape index (κ1) is 12.3. The minimum absolute atomic E-state index is 0.295. The number of fused-ring (bicyclic) bond motifs is 1. The van der Waals surface area contributed by atoms with Gasteiger partial charge in [0.25, 0.3) is 5.91 Å². The fourth-order valence-corrected chi connectivity index (χ4v) is 1.94. The lowest BCUT2D eigenvalue weighted by Gasteiger charge is -2.05. The zero-order valence-electron chi connectivity index (χ0n) is 10.3. The summed E-state index contributed by atoms with van der Waals surface area (Å²) < 4.78 is 0. The number of carbonyl (C=O) groups excluding carboxylic acids is 2. The van der Waals surface area contributed by atoms with Crippen LogP contribution in [0.1, 0.15) is 11.1 Å². The lowest BCUT2D eigenvalue weighted by Crippen LogP contribution is -2.26. The van der Waals surface area contributed by atoms with Gasteiger partial charge in [0.1, 0.15) is 0 Å². The highest BCUT2D eigenvalue weighted by Crippen LogP contribution is 2.17. The standard InChI is InChI=1S/C15H15NO2/c1-11-2-4-14-9-12(3-5-13(14)8-11)6-7-16-15(18)10-17/h2-5,8-10H,6-7H2,1H3,(H,16,18). The summed E-state index contributed by atoms with van der Waals surface area (Å²) in [7, 11) is 0. The van der Waals surface area contributed by atoms with Crippen LogP contribution in [0, 0.1) is 6.92 Å². The second-order valence-electron chi connectivity index (χ2n) is 4.34. The van der Waals surface area contributed by atoms with Gasteiger partial charge in [-0.15, -0.1) is 0 Å². The van der Waals surface area contributed by atoms with Crippen molar-refractivity contribution < 1.29 is 9.59 Å². The second kappa shape index (κ2) is 5.45. The molecule has 0 aromatic heterocycles. The Kier molecular flexibility index (Phi) is 3.72. The number of amides is 1. The summed E-state index contributed by atoms with van der Waals surface area (Å²) in [6.45, 7) is 2.55. The van der Waals surface area contributed by atoms with Crippen LogP contribution >= 0.6 is 0 Å². The molecule has 1 amide bonds. The minimum atomic E-state index is -0.564. The first-order chi connectivity index (χ1) is 8.69. The Labute approximate surface area is 106 Å². The summed E-state index contributed by atoms with van der Waals surface area (Å²) in [6.07, 6.45) is 1.02. The van der Waals surface area contributed by atoms with Crippen molar-refractivity contribution in [2.24, 2.45) is 0 Å². The Hall–Kier alpha value is -2.16. The van der Waals surface area contributed by atoms with Crippen LogP contribution in [0.5, 0.6) is 0 Å². The van der Waals surface area contributed by atoms with E-state index in [2.05, 4.69) is 48.6 Å². The first-order valence-corrected chi connectivity index (χ1v) is 5.91. The molecule has 2 aromatic carbocycles. The van der Waals surface area contributed by atoms with Crippen molar-refractivity contribution in [3.63, 3.8) is 0 Å². The number of hydrogen-bond acceptors (Lipinski definition) is 2. The third-order valence-corrected chi connectivity index (χ3v) is 2.88. The van der Waals surface area contributed by atoms with Crippen LogP contribution in [-0.2, 0) is 16.0 Å². The molecule has 3 nitrogen and oxygen atoms in total. The summed E-state index contributed by atoms with van der Waals surface area (Å²) in [5.74, 6) is -0.564. The largest absolute Gasteiger partial charge is 0.349 e. The fourth-order valence-electron chi connectivity index (χ4n) is 1.94. The van der Waals surface area contributed by atoms with Crippen molar-refractivity contribution in [3.8, 4) is 0 Å². The van der Waals surface area contributed by atoms with Gasteiger partial charge in [-0.05, 0) is 29.7 Å². The Bertz CT molecular complexity index is 590. The highest BCUT2D eigenvalue weighted by Gasteiger charge is 1.99. The number of benzene rings is 2. The van der Waals surface area contributed by atoms with E-state index in [-0.39, 0.29) is 0 Å². The Morgan fingerprint density at radius 1 is 1.17 bits per heavy atom. The molecule has 0 spiro atoms. The molecular formula is C15H15NO2. The number of carbonyl (C=O) groups is 2. The van der Waals surface area contributed by atoms with E-state index in [0.717, 1.165) is 12.0 Å². The van der Waals surface area contributed by atoms with Crippen molar-refractivity contribution in [1.29, 1.82) is 0 Å². The SMILES string of the molecule is Cc1ccc2cc(CCNC(=O)C=O)ccc2c1. The average molecular weight is 241 g/mol. The molecule has 0 heterocycles. The summed E-state index contributed by atoms with van der Waals surface area (Å²) in [5, 5.41) is 4.94. The molecule has 0 aliphatic heterocycles. The molecule has 1 N–H and O–H groups in total. The number of aryl methyl sites for hydroxylation is 1. The summed E-state index contributed by atoms with van der Waals surface area (Å²) in [4.78, 5) is 20.9.